The average molecular weight is 458 g/mol. The molecule has 0 saturated carbocycles. The fourth-order valence-corrected chi connectivity index (χ4v) is 3.31. The van der Waals surface area contributed by atoms with Gasteiger partial charge in [0, 0.05) is 0 Å². The number of rotatable bonds is 8. The van der Waals surface area contributed by atoms with Gasteiger partial charge in [-0.1, -0.05) is 42.5 Å². The second kappa shape index (κ2) is 10.2. The summed E-state index contributed by atoms with van der Waals surface area (Å²) in [6, 6.07) is 18.7. The minimum atomic E-state index is -4.38. The molecule has 0 spiro atoms. The molecule has 0 amide bonds. The molecule has 0 fully saturated rings. The van der Waals surface area contributed by atoms with Crippen molar-refractivity contribution >= 4 is 11.9 Å². The van der Waals surface area contributed by atoms with Crippen molar-refractivity contribution in [3.8, 4) is 16.9 Å². The Kier molecular flexibility index (Phi) is 7.37. The van der Waals surface area contributed by atoms with E-state index in [1.807, 2.05) is 12.1 Å². The molecule has 0 radical (unpaired) electrons. The van der Waals surface area contributed by atoms with Gasteiger partial charge in [0.15, 0.2) is 0 Å². The summed E-state index contributed by atoms with van der Waals surface area (Å²) in [5, 5.41) is 9.03. The number of halogens is 3. The summed E-state index contributed by atoms with van der Waals surface area (Å²) >= 11 is 0. The van der Waals surface area contributed by atoms with E-state index >= 15 is 0 Å². The fraction of sp³-hybridized carbons (Fsp3) is 0.200. The Labute approximate surface area is 188 Å². The lowest BCUT2D eigenvalue weighted by Gasteiger charge is -2.14. The number of methoxy groups -OCH3 is 1. The van der Waals surface area contributed by atoms with Crippen molar-refractivity contribution in [1.82, 2.24) is 0 Å². The van der Waals surface area contributed by atoms with Gasteiger partial charge in [0.05, 0.1) is 25.0 Å². The molecule has 0 aliphatic rings. The highest BCUT2D eigenvalue weighted by Gasteiger charge is 2.30. The van der Waals surface area contributed by atoms with Crippen molar-refractivity contribution in [1.29, 1.82) is 0 Å². The molecule has 3 aromatic carbocycles. The summed E-state index contributed by atoms with van der Waals surface area (Å²) < 4.78 is 48.7. The van der Waals surface area contributed by atoms with Crippen molar-refractivity contribution in [2.45, 2.75) is 25.1 Å². The minimum Gasteiger partial charge on any atom is -0.489 e. The van der Waals surface area contributed by atoms with Crippen LogP contribution in [0.15, 0.2) is 72.8 Å². The van der Waals surface area contributed by atoms with E-state index in [0.29, 0.717) is 16.9 Å². The summed E-state index contributed by atoms with van der Waals surface area (Å²) in [5.74, 6) is -2.15. The fourth-order valence-electron chi connectivity index (χ4n) is 3.31. The van der Waals surface area contributed by atoms with Gasteiger partial charge < -0.3 is 14.6 Å². The van der Waals surface area contributed by atoms with Crippen LogP contribution in [0.4, 0.5) is 13.2 Å². The maximum Gasteiger partial charge on any atom is 0.416 e. The van der Waals surface area contributed by atoms with E-state index in [2.05, 4.69) is 4.74 Å². The highest BCUT2D eigenvalue weighted by molar-refractivity contribution is 5.83. The molecule has 0 aliphatic heterocycles. The maximum atomic E-state index is 12.8. The van der Waals surface area contributed by atoms with Crippen molar-refractivity contribution in [3.63, 3.8) is 0 Å². The first-order valence-corrected chi connectivity index (χ1v) is 9.96. The first-order chi connectivity index (χ1) is 15.7. The van der Waals surface area contributed by atoms with Gasteiger partial charge >= 0.3 is 18.1 Å². The third kappa shape index (κ3) is 6.35. The highest BCUT2D eigenvalue weighted by Crippen LogP contribution is 2.31. The smallest absolute Gasteiger partial charge is 0.416 e. The molecule has 3 rings (SSSR count). The molecule has 1 N–H and O–H groups in total. The number of esters is 1. The van der Waals surface area contributed by atoms with Crippen LogP contribution in [0.3, 0.4) is 0 Å². The van der Waals surface area contributed by atoms with E-state index in [1.54, 1.807) is 36.4 Å². The molecule has 0 heterocycles. The van der Waals surface area contributed by atoms with Crippen LogP contribution in [-0.2, 0) is 27.1 Å². The van der Waals surface area contributed by atoms with E-state index in [1.165, 1.54) is 19.2 Å². The molecule has 5 nitrogen and oxygen atoms in total. The van der Waals surface area contributed by atoms with Gasteiger partial charge in [-0.2, -0.15) is 13.2 Å². The largest absolute Gasteiger partial charge is 0.489 e. The second-order valence-electron chi connectivity index (χ2n) is 7.31. The molecule has 1 atom stereocenters. The predicted octanol–water partition coefficient (Wildman–Crippen LogP) is 5.68. The monoisotopic (exact) mass is 458 g/mol. The summed E-state index contributed by atoms with van der Waals surface area (Å²) in [7, 11) is 1.20. The summed E-state index contributed by atoms with van der Waals surface area (Å²) in [6.07, 6.45) is -4.77. The normalized spacial score (nSPS) is 12.1. The number of hydrogen-bond acceptors (Lipinski definition) is 4. The molecule has 0 aromatic heterocycles. The quantitative estimate of drug-likeness (QED) is 0.440. The third-order valence-corrected chi connectivity index (χ3v) is 5.02. The lowest BCUT2D eigenvalue weighted by molar-refractivity contribution is -0.147. The van der Waals surface area contributed by atoms with Crippen LogP contribution in [0, 0.1) is 0 Å². The van der Waals surface area contributed by atoms with Gasteiger partial charge in [-0.25, -0.2) is 0 Å². The molecule has 33 heavy (non-hydrogen) atoms. The number of carbonyl (C=O) groups excluding carboxylic acids is 1. The number of alkyl halides is 3. The molecule has 0 saturated heterocycles. The molecule has 1 unspecified atom stereocenters. The van der Waals surface area contributed by atoms with Crippen LogP contribution in [0.5, 0.6) is 5.75 Å². The van der Waals surface area contributed by atoms with Gasteiger partial charge in [0.25, 0.3) is 0 Å². The van der Waals surface area contributed by atoms with Gasteiger partial charge in [-0.3, -0.25) is 9.59 Å². The van der Waals surface area contributed by atoms with Crippen LogP contribution in [0.1, 0.15) is 29.0 Å². The van der Waals surface area contributed by atoms with Crippen LogP contribution in [-0.4, -0.2) is 24.2 Å². The van der Waals surface area contributed by atoms with E-state index in [-0.39, 0.29) is 13.0 Å². The molecular weight excluding hydrogens is 437 g/mol. The van der Waals surface area contributed by atoms with Gasteiger partial charge in [-0.15, -0.1) is 0 Å². The van der Waals surface area contributed by atoms with Crippen LogP contribution in [0.25, 0.3) is 11.1 Å². The van der Waals surface area contributed by atoms with Gasteiger partial charge in [-0.05, 0) is 52.6 Å². The molecule has 0 aliphatic carbocycles. The molecular formula is C25H21F3O5. The number of carbonyl (C=O) groups is 2. The molecule has 3 aromatic rings. The van der Waals surface area contributed by atoms with E-state index < -0.39 is 29.6 Å². The average Bonchev–Trinajstić information content (AvgIpc) is 2.81. The van der Waals surface area contributed by atoms with Gasteiger partial charge in [0.1, 0.15) is 12.4 Å². The lowest BCUT2D eigenvalue weighted by atomic mass is 9.96. The first kappa shape index (κ1) is 23.8. The first-order valence-electron chi connectivity index (χ1n) is 9.96. The summed E-state index contributed by atoms with van der Waals surface area (Å²) in [6.45, 7) is 0.212. The zero-order chi connectivity index (χ0) is 24.0. The van der Waals surface area contributed by atoms with Crippen molar-refractivity contribution in [3.05, 3.63) is 89.5 Å². The van der Waals surface area contributed by atoms with Crippen molar-refractivity contribution in [2.24, 2.45) is 0 Å². The zero-order valence-corrected chi connectivity index (χ0v) is 17.6. The Morgan fingerprint density at radius 1 is 0.939 bits per heavy atom. The maximum absolute atomic E-state index is 12.8. The summed E-state index contributed by atoms with van der Waals surface area (Å²) in [5.41, 5.74) is 2.03. The predicted molar refractivity (Wildman–Crippen MR) is 115 cm³/mol. The second-order valence-corrected chi connectivity index (χ2v) is 7.31. The zero-order valence-electron chi connectivity index (χ0n) is 17.6. The number of ether oxygens (including phenoxy) is 2. The molecule has 8 heteroatoms. The van der Waals surface area contributed by atoms with Crippen LogP contribution >= 0.6 is 0 Å². The van der Waals surface area contributed by atoms with E-state index in [4.69, 9.17) is 9.84 Å². The highest BCUT2D eigenvalue weighted by atomic mass is 19.4. The number of hydrogen-bond donors (Lipinski definition) is 1. The standard InChI is InChI=1S/C25H21F3O5/c1-32-24(31)22(14-23(29)30)18-7-11-21(12-8-18)33-15-16-3-2-4-19(13-16)17-5-9-20(10-6-17)25(26,27)28/h2-13,22H,14-15H2,1H3,(H,29,30). The van der Waals surface area contributed by atoms with Crippen molar-refractivity contribution in [2.75, 3.05) is 7.11 Å². The van der Waals surface area contributed by atoms with Crippen LogP contribution < -0.4 is 4.74 Å². The Hall–Kier alpha value is -3.81. The van der Waals surface area contributed by atoms with Crippen molar-refractivity contribution < 1.29 is 37.3 Å². The Bertz CT molecular complexity index is 1110. The van der Waals surface area contributed by atoms with Gasteiger partial charge in [0.2, 0.25) is 0 Å². The van der Waals surface area contributed by atoms with Crippen LogP contribution in [0.2, 0.25) is 0 Å². The Morgan fingerprint density at radius 2 is 1.61 bits per heavy atom. The number of aliphatic carboxylic acids is 1. The Balaban J connectivity index is 1.68. The van der Waals surface area contributed by atoms with E-state index in [0.717, 1.165) is 23.3 Å². The number of carboxylic acid groups (broad SMARTS) is 1. The topological polar surface area (TPSA) is 72.8 Å². The summed E-state index contributed by atoms with van der Waals surface area (Å²) in [4.78, 5) is 22.9. The minimum absolute atomic E-state index is 0.212. The molecule has 0 bridgehead atoms. The molecule has 172 valence electrons. The number of carboxylic acids is 1. The SMILES string of the molecule is COC(=O)C(CC(=O)O)c1ccc(OCc2cccc(-c3ccc(C(F)(F)F)cc3)c2)cc1. The Morgan fingerprint density at radius 3 is 2.18 bits per heavy atom. The lowest BCUT2D eigenvalue weighted by Crippen LogP contribution is -2.17. The van der Waals surface area contributed by atoms with E-state index in [9.17, 15) is 22.8 Å². The number of benzene rings is 3. The third-order valence-electron chi connectivity index (χ3n) is 5.02.